The molecule has 1 atom stereocenters. The Morgan fingerprint density at radius 3 is 2.83 bits per heavy atom. The molecule has 0 radical (unpaired) electrons. The molecule has 2 N–H and O–H groups in total. The molecule has 0 bridgehead atoms. The average Bonchev–Trinajstić information content (AvgIpc) is 3.11. The summed E-state index contributed by atoms with van der Waals surface area (Å²) in [5.41, 5.74) is 5.62. The minimum Gasteiger partial charge on any atom is -0.342 e. The fraction of sp³-hybridized carbons (Fsp3) is 0.588. The van der Waals surface area contributed by atoms with E-state index >= 15 is 0 Å². The van der Waals surface area contributed by atoms with Crippen LogP contribution in [-0.4, -0.2) is 44.3 Å². The average molecular weight is 315 g/mol. The molecule has 1 aliphatic rings. The normalized spacial score (nSPS) is 18.4. The summed E-state index contributed by atoms with van der Waals surface area (Å²) in [7, 11) is 0. The van der Waals surface area contributed by atoms with Crippen molar-refractivity contribution >= 4 is 5.91 Å². The number of nitrogens with zero attached hydrogens (tertiary/aromatic N) is 3. The number of piperidine rings is 1. The number of aromatic nitrogens is 4. The summed E-state index contributed by atoms with van der Waals surface area (Å²) in [6.07, 6.45) is 5.35. The summed E-state index contributed by atoms with van der Waals surface area (Å²) in [6, 6.07) is 0. The van der Waals surface area contributed by atoms with Crippen molar-refractivity contribution < 1.29 is 4.79 Å². The van der Waals surface area contributed by atoms with Crippen molar-refractivity contribution in [3.05, 3.63) is 34.4 Å². The first kappa shape index (κ1) is 15.8. The third-order valence-electron chi connectivity index (χ3n) is 4.92. The van der Waals surface area contributed by atoms with Gasteiger partial charge in [0, 0.05) is 36.8 Å². The van der Waals surface area contributed by atoms with Crippen LogP contribution in [0.3, 0.4) is 0 Å². The SMILES string of the molecule is Cc1cn[nH]c1[C@@H]1CCCN(C(=O)CCc2c(C)n[nH]c2C)C1. The van der Waals surface area contributed by atoms with Crippen LogP contribution >= 0.6 is 0 Å². The van der Waals surface area contributed by atoms with Gasteiger partial charge in [-0.3, -0.25) is 15.0 Å². The first-order chi connectivity index (χ1) is 11.1. The summed E-state index contributed by atoms with van der Waals surface area (Å²) in [4.78, 5) is 14.6. The van der Waals surface area contributed by atoms with Crippen LogP contribution in [0.4, 0.5) is 0 Å². The predicted octanol–water partition coefficient (Wildman–Crippen LogP) is 2.40. The first-order valence-corrected chi connectivity index (χ1v) is 8.34. The Morgan fingerprint density at radius 1 is 1.35 bits per heavy atom. The number of H-pyrrole nitrogens is 2. The molecule has 6 nitrogen and oxygen atoms in total. The third kappa shape index (κ3) is 3.30. The molecule has 1 amide bonds. The fourth-order valence-corrected chi connectivity index (χ4v) is 3.54. The highest BCUT2D eigenvalue weighted by Gasteiger charge is 2.26. The summed E-state index contributed by atoms with van der Waals surface area (Å²) in [5.74, 6) is 0.625. The molecule has 0 aliphatic carbocycles. The van der Waals surface area contributed by atoms with Crippen molar-refractivity contribution in [3.8, 4) is 0 Å². The van der Waals surface area contributed by atoms with Crippen LogP contribution in [0.5, 0.6) is 0 Å². The van der Waals surface area contributed by atoms with Crippen LogP contribution in [0.1, 0.15) is 53.4 Å². The summed E-state index contributed by atoms with van der Waals surface area (Å²) in [6.45, 7) is 7.74. The van der Waals surface area contributed by atoms with E-state index in [4.69, 9.17) is 0 Å². The van der Waals surface area contributed by atoms with Crippen molar-refractivity contribution in [1.82, 2.24) is 25.3 Å². The number of aryl methyl sites for hydroxylation is 3. The molecule has 3 rings (SSSR count). The second kappa shape index (κ2) is 6.56. The van der Waals surface area contributed by atoms with E-state index in [1.54, 1.807) is 0 Å². The van der Waals surface area contributed by atoms with Crippen molar-refractivity contribution in [3.63, 3.8) is 0 Å². The van der Waals surface area contributed by atoms with Crippen molar-refractivity contribution in [2.24, 2.45) is 0 Å². The molecule has 6 heteroatoms. The number of carbonyl (C=O) groups is 1. The summed E-state index contributed by atoms with van der Waals surface area (Å²) >= 11 is 0. The van der Waals surface area contributed by atoms with E-state index in [2.05, 4.69) is 27.3 Å². The maximum atomic E-state index is 12.6. The van der Waals surface area contributed by atoms with Crippen LogP contribution in [-0.2, 0) is 11.2 Å². The number of likely N-dealkylation sites (tertiary alicyclic amines) is 1. The van der Waals surface area contributed by atoms with E-state index < -0.39 is 0 Å². The number of aromatic amines is 2. The van der Waals surface area contributed by atoms with Crippen LogP contribution in [0.2, 0.25) is 0 Å². The molecular weight excluding hydrogens is 290 g/mol. The topological polar surface area (TPSA) is 77.7 Å². The van der Waals surface area contributed by atoms with Crippen molar-refractivity contribution in [1.29, 1.82) is 0 Å². The van der Waals surface area contributed by atoms with Crippen molar-refractivity contribution in [2.45, 2.75) is 52.4 Å². The maximum Gasteiger partial charge on any atom is 0.222 e. The highest BCUT2D eigenvalue weighted by molar-refractivity contribution is 5.76. The molecule has 3 heterocycles. The minimum absolute atomic E-state index is 0.242. The zero-order valence-corrected chi connectivity index (χ0v) is 14.1. The smallest absolute Gasteiger partial charge is 0.222 e. The molecule has 23 heavy (non-hydrogen) atoms. The monoisotopic (exact) mass is 315 g/mol. The van der Waals surface area contributed by atoms with Gasteiger partial charge >= 0.3 is 0 Å². The van der Waals surface area contributed by atoms with E-state index in [9.17, 15) is 4.79 Å². The highest BCUT2D eigenvalue weighted by Crippen LogP contribution is 2.28. The van der Waals surface area contributed by atoms with Gasteiger partial charge in [-0.15, -0.1) is 0 Å². The Balaban J connectivity index is 1.60. The van der Waals surface area contributed by atoms with Crippen LogP contribution in [0, 0.1) is 20.8 Å². The first-order valence-electron chi connectivity index (χ1n) is 8.34. The minimum atomic E-state index is 0.242. The fourth-order valence-electron chi connectivity index (χ4n) is 3.54. The lowest BCUT2D eigenvalue weighted by Gasteiger charge is -2.32. The molecule has 0 aromatic carbocycles. The zero-order chi connectivity index (χ0) is 16.4. The molecule has 0 unspecified atom stereocenters. The van der Waals surface area contributed by atoms with E-state index in [1.165, 1.54) is 16.8 Å². The standard InChI is InChI=1S/C17H25N5O/c1-11-9-18-21-17(11)14-5-4-8-22(10-14)16(23)7-6-15-12(2)19-20-13(15)3/h9,14H,4-8,10H2,1-3H3,(H,18,21)(H,19,20)/t14-/m1/s1. The number of rotatable bonds is 4. The number of amides is 1. The van der Waals surface area contributed by atoms with Gasteiger partial charge in [-0.2, -0.15) is 10.2 Å². The number of carbonyl (C=O) groups excluding carboxylic acids is 1. The van der Waals surface area contributed by atoms with Gasteiger partial charge in [0.25, 0.3) is 0 Å². The largest absolute Gasteiger partial charge is 0.342 e. The molecular formula is C17H25N5O. The van der Waals surface area contributed by atoms with Gasteiger partial charge in [-0.25, -0.2) is 0 Å². The lowest BCUT2D eigenvalue weighted by atomic mass is 9.92. The zero-order valence-electron chi connectivity index (χ0n) is 14.1. The molecule has 1 saturated heterocycles. The van der Waals surface area contributed by atoms with Gasteiger partial charge in [0.2, 0.25) is 5.91 Å². The Labute approximate surface area is 136 Å². The van der Waals surface area contributed by atoms with Gasteiger partial charge in [-0.1, -0.05) is 0 Å². The lowest BCUT2D eigenvalue weighted by molar-refractivity contribution is -0.132. The molecule has 2 aromatic heterocycles. The Hall–Kier alpha value is -2.11. The van der Waals surface area contributed by atoms with Crippen molar-refractivity contribution in [2.75, 3.05) is 13.1 Å². The molecule has 1 aliphatic heterocycles. The van der Waals surface area contributed by atoms with Gasteiger partial charge < -0.3 is 4.90 Å². The quantitative estimate of drug-likeness (QED) is 0.909. The van der Waals surface area contributed by atoms with E-state index in [-0.39, 0.29) is 5.91 Å². The van der Waals surface area contributed by atoms with Gasteiger partial charge in [0.05, 0.1) is 11.9 Å². The van der Waals surface area contributed by atoms with E-state index in [0.29, 0.717) is 12.3 Å². The molecule has 0 spiro atoms. The molecule has 0 saturated carbocycles. The molecule has 2 aromatic rings. The second-order valence-electron chi connectivity index (χ2n) is 6.56. The van der Waals surface area contributed by atoms with Gasteiger partial charge in [-0.05, 0) is 51.2 Å². The van der Waals surface area contributed by atoms with E-state index in [1.807, 2.05) is 24.9 Å². The van der Waals surface area contributed by atoms with Crippen LogP contribution < -0.4 is 0 Å². The van der Waals surface area contributed by atoms with Crippen LogP contribution in [0.25, 0.3) is 0 Å². The highest BCUT2D eigenvalue weighted by atomic mass is 16.2. The maximum absolute atomic E-state index is 12.6. The lowest BCUT2D eigenvalue weighted by Crippen LogP contribution is -2.39. The number of hydrogen-bond acceptors (Lipinski definition) is 3. The molecule has 1 fully saturated rings. The number of nitrogens with one attached hydrogen (secondary N) is 2. The Morgan fingerprint density at radius 2 is 2.17 bits per heavy atom. The number of hydrogen-bond donors (Lipinski definition) is 2. The van der Waals surface area contributed by atoms with Gasteiger partial charge in [0.1, 0.15) is 0 Å². The summed E-state index contributed by atoms with van der Waals surface area (Å²) < 4.78 is 0. The molecule has 124 valence electrons. The predicted molar refractivity (Wildman–Crippen MR) is 88.3 cm³/mol. The summed E-state index contributed by atoms with van der Waals surface area (Å²) in [5, 5.41) is 14.4. The van der Waals surface area contributed by atoms with E-state index in [0.717, 1.165) is 43.7 Å². The van der Waals surface area contributed by atoms with Crippen LogP contribution in [0.15, 0.2) is 6.20 Å². The van der Waals surface area contributed by atoms with Gasteiger partial charge in [0.15, 0.2) is 0 Å². The Kier molecular flexibility index (Phi) is 4.50. The third-order valence-corrected chi connectivity index (χ3v) is 4.92. The Bertz CT molecular complexity index is 667. The second-order valence-corrected chi connectivity index (χ2v) is 6.56.